The van der Waals surface area contributed by atoms with Gasteiger partial charge in [-0.05, 0) is 39.0 Å². The third-order valence-corrected chi connectivity index (χ3v) is 5.48. The first-order chi connectivity index (χ1) is 15.7. The number of methoxy groups -OCH3 is 1. The molecule has 34 heavy (non-hydrogen) atoms. The lowest BCUT2D eigenvalue weighted by atomic mass is 9.99. The van der Waals surface area contributed by atoms with Gasteiger partial charge in [0.1, 0.15) is 24.0 Å². The van der Waals surface area contributed by atoms with Crippen LogP contribution in [0.4, 0.5) is 18.0 Å². The summed E-state index contributed by atoms with van der Waals surface area (Å²) in [5.74, 6) is -1.79. The zero-order valence-electron chi connectivity index (χ0n) is 18.9. The fourth-order valence-electron chi connectivity index (χ4n) is 4.06. The number of rotatable bonds is 2. The van der Waals surface area contributed by atoms with Gasteiger partial charge in [0.25, 0.3) is 0 Å². The highest BCUT2D eigenvalue weighted by Crippen LogP contribution is 2.50. The molecule has 1 fully saturated rings. The molecule has 1 amide bonds. The average molecular weight is 484 g/mol. The van der Waals surface area contributed by atoms with Crippen LogP contribution in [0.25, 0.3) is 10.9 Å². The molecule has 4 rings (SSSR count). The number of aliphatic carboxylic acids is 1. The second kappa shape index (κ2) is 7.81. The molecular formula is C22H23F3N2O7. The van der Waals surface area contributed by atoms with Crippen molar-refractivity contribution < 1.29 is 46.8 Å². The number of nitrogens with zero attached hydrogens (tertiary/aromatic N) is 2. The number of carbonyl (C=O) groups excluding carboxylic acids is 1. The van der Waals surface area contributed by atoms with E-state index < -0.39 is 46.9 Å². The molecule has 9 nitrogen and oxygen atoms in total. The quantitative estimate of drug-likeness (QED) is 0.685. The van der Waals surface area contributed by atoms with E-state index in [9.17, 15) is 27.9 Å². The van der Waals surface area contributed by atoms with Crippen molar-refractivity contribution in [1.82, 2.24) is 9.88 Å². The zero-order valence-corrected chi connectivity index (χ0v) is 18.9. The molecule has 2 aliphatic heterocycles. The minimum atomic E-state index is -4.88. The average Bonchev–Trinajstić information content (AvgIpc) is 3.10. The summed E-state index contributed by atoms with van der Waals surface area (Å²) < 4.78 is 63.8. The molecule has 1 spiro atoms. The van der Waals surface area contributed by atoms with Crippen molar-refractivity contribution in [3.8, 4) is 17.2 Å². The van der Waals surface area contributed by atoms with Gasteiger partial charge in [-0.2, -0.15) is 13.2 Å². The Morgan fingerprint density at radius 3 is 2.53 bits per heavy atom. The fraction of sp³-hybridized carbons (Fsp3) is 0.500. The van der Waals surface area contributed by atoms with Crippen LogP contribution in [0.3, 0.4) is 0 Å². The molecule has 0 saturated carbocycles. The van der Waals surface area contributed by atoms with Crippen LogP contribution < -0.4 is 14.2 Å². The third-order valence-electron chi connectivity index (χ3n) is 5.48. The van der Waals surface area contributed by atoms with Gasteiger partial charge in [-0.1, -0.05) is 0 Å². The monoisotopic (exact) mass is 484 g/mol. The maximum Gasteiger partial charge on any atom is 0.437 e. The maximum atomic E-state index is 13.9. The molecule has 1 saturated heterocycles. The number of fused-ring (bicyclic) bond motifs is 3. The number of benzene rings is 1. The second-order valence-corrected chi connectivity index (χ2v) is 9.24. The zero-order chi connectivity index (χ0) is 25.1. The standard InChI is InChI=1S/C22H23F3N2O7/c1-20(2,3)34-19(30)27-9-21(8-14(27)18(28)29)10-32-15-12-7-11(31-4)5-6-13(12)26-17(16(15)33-21)22(23,24)25/h5-7,14H,8-10H2,1-4H3,(H,28,29)/t14-,21+/m0/s1. The Labute approximate surface area is 192 Å². The van der Waals surface area contributed by atoms with E-state index in [-0.39, 0.29) is 36.2 Å². The number of ether oxygens (including phenoxy) is 4. The Kier molecular flexibility index (Phi) is 5.45. The number of carbonyl (C=O) groups is 2. The molecule has 2 atom stereocenters. The van der Waals surface area contributed by atoms with Gasteiger partial charge in [0.15, 0.2) is 22.8 Å². The highest BCUT2D eigenvalue weighted by atomic mass is 19.4. The van der Waals surface area contributed by atoms with E-state index in [4.69, 9.17) is 18.9 Å². The highest BCUT2D eigenvalue weighted by Gasteiger charge is 2.55. The van der Waals surface area contributed by atoms with Gasteiger partial charge < -0.3 is 24.1 Å². The number of likely N-dealkylation sites (tertiary alicyclic amines) is 1. The van der Waals surface area contributed by atoms with E-state index in [0.717, 1.165) is 4.90 Å². The normalized spacial score (nSPS) is 22.2. The van der Waals surface area contributed by atoms with Gasteiger partial charge >= 0.3 is 18.2 Å². The number of aromatic nitrogens is 1. The maximum absolute atomic E-state index is 13.9. The predicted molar refractivity (Wildman–Crippen MR) is 111 cm³/mol. The molecule has 0 unspecified atom stereocenters. The van der Waals surface area contributed by atoms with Gasteiger partial charge in [0.05, 0.1) is 19.2 Å². The molecule has 0 aliphatic carbocycles. The first-order valence-electron chi connectivity index (χ1n) is 10.4. The van der Waals surface area contributed by atoms with E-state index in [0.29, 0.717) is 5.75 Å². The lowest BCUT2D eigenvalue weighted by Crippen LogP contribution is -2.49. The predicted octanol–water partition coefficient (Wildman–Crippen LogP) is 3.87. The molecule has 1 aromatic carbocycles. The van der Waals surface area contributed by atoms with Crippen molar-refractivity contribution in [2.75, 3.05) is 20.3 Å². The van der Waals surface area contributed by atoms with Crippen molar-refractivity contribution in [1.29, 1.82) is 0 Å². The van der Waals surface area contributed by atoms with Gasteiger partial charge in [0.2, 0.25) is 0 Å². The van der Waals surface area contributed by atoms with Crippen LogP contribution in [0.2, 0.25) is 0 Å². The van der Waals surface area contributed by atoms with Crippen molar-refractivity contribution in [2.45, 2.75) is 50.6 Å². The lowest BCUT2D eigenvalue weighted by molar-refractivity contribution is -0.145. The van der Waals surface area contributed by atoms with Gasteiger partial charge in [-0.3, -0.25) is 4.90 Å². The topological polar surface area (TPSA) is 107 Å². The smallest absolute Gasteiger partial charge is 0.437 e. The second-order valence-electron chi connectivity index (χ2n) is 9.24. The molecule has 2 aromatic rings. The van der Waals surface area contributed by atoms with Crippen LogP contribution in [0.1, 0.15) is 32.9 Å². The molecule has 3 heterocycles. The third kappa shape index (κ3) is 4.24. The Balaban J connectivity index is 1.78. The number of amides is 1. The summed E-state index contributed by atoms with van der Waals surface area (Å²) in [6, 6.07) is 2.95. The number of carboxylic acids is 1. The number of carboxylic acid groups (broad SMARTS) is 1. The number of hydrogen-bond acceptors (Lipinski definition) is 7. The molecule has 0 radical (unpaired) electrons. The molecule has 1 aromatic heterocycles. The Morgan fingerprint density at radius 2 is 1.94 bits per heavy atom. The van der Waals surface area contributed by atoms with Crippen LogP contribution in [0.15, 0.2) is 18.2 Å². The fourth-order valence-corrected chi connectivity index (χ4v) is 4.06. The summed E-state index contributed by atoms with van der Waals surface area (Å²) in [6.07, 6.45) is -6.09. The number of halogens is 3. The number of hydrogen-bond donors (Lipinski definition) is 1. The Morgan fingerprint density at radius 1 is 1.24 bits per heavy atom. The highest BCUT2D eigenvalue weighted by molar-refractivity contribution is 5.90. The van der Waals surface area contributed by atoms with E-state index >= 15 is 0 Å². The van der Waals surface area contributed by atoms with Gasteiger partial charge in [-0.15, -0.1) is 0 Å². The Bertz CT molecular complexity index is 1160. The van der Waals surface area contributed by atoms with Crippen LogP contribution in [-0.2, 0) is 15.7 Å². The molecule has 1 N–H and O–H groups in total. The van der Waals surface area contributed by atoms with Gasteiger partial charge in [0, 0.05) is 11.8 Å². The van der Waals surface area contributed by atoms with E-state index in [1.165, 1.54) is 25.3 Å². The minimum absolute atomic E-state index is 0.0247. The summed E-state index contributed by atoms with van der Waals surface area (Å²) in [7, 11) is 1.41. The van der Waals surface area contributed by atoms with Crippen molar-refractivity contribution >= 4 is 23.0 Å². The summed E-state index contributed by atoms with van der Waals surface area (Å²) in [4.78, 5) is 29.2. The van der Waals surface area contributed by atoms with Gasteiger partial charge in [-0.25, -0.2) is 14.6 Å². The van der Waals surface area contributed by atoms with Crippen molar-refractivity contribution in [3.63, 3.8) is 0 Å². The van der Waals surface area contributed by atoms with Crippen LogP contribution >= 0.6 is 0 Å². The first kappa shape index (κ1) is 23.7. The molecular weight excluding hydrogens is 461 g/mol. The molecule has 12 heteroatoms. The minimum Gasteiger partial charge on any atom is -0.497 e. The summed E-state index contributed by atoms with van der Waals surface area (Å²) in [6.45, 7) is 4.22. The SMILES string of the molecule is COc1ccc2nc(C(F)(F)F)c3c(c2c1)OC[C@]1(C[C@@H](C(=O)O)N(C(=O)OC(C)(C)C)C1)O3. The van der Waals surface area contributed by atoms with E-state index in [2.05, 4.69) is 4.98 Å². The molecule has 184 valence electrons. The summed E-state index contributed by atoms with van der Waals surface area (Å²) in [5, 5.41) is 9.92. The van der Waals surface area contributed by atoms with E-state index in [1.807, 2.05) is 0 Å². The summed E-state index contributed by atoms with van der Waals surface area (Å²) in [5.41, 5.74) is -3.72. The van der Waals surface area contributed by atoms with Crippen molar-refractivity contribution in [3.05, 3.63) is 23.9 Å². The lowest BCUT2D eigenvalue weighted by Gasteiger charge is -2.36. The number of pyridine rings is 1. The Hall–Kier alpha value is -3.44. The van der Waals surface area contributed by atoms with Crippen LogP contribution in [-0.4, -0.2) is 64.6 Å². The van der Waals surface area contributed by atoms with Crippen LogP contribution in [0.5, 0.6) is 17.2 Å². The van der Waals surface area contributed by atoms with Crippen molar-refractivity contribution in [2.24, 2.45) is 0 Å². The summed E-state index contributed by atoms with van der Waals surface area (Å²) >= 11 is 0. The number of alkyl halides is 3. The molecule has 0 bridgehead atoms. The van der Waals surface area contributed by atoms with Crippen LogP contribution in [0, 0.1) is 0 Å². The largest absolute Gasteiger partial charge is 0.497 e. The first-order valence-corrected chi connectivity index (χ1v) is 10.4. The molecule has 2 aliphatic rings. The van der Waals surface area contributed by atoms with E-state index in [1.54, 1.807) is 20.8 Å².